The molecule has 0 amide bonds. The highest BCUT2D eigenvalue weighted by atomic mass is 32.1. The molecule has 0 heterocycles. The number of nitrogens with two attached hydrogens (primary N) is 2. The fraction of sp³-hybridized carbons (Fsp3) is 0. The Morgan fingerprint density at radius 2 is 1.92 bits per heavy atom. The predicted octanol–water partition coefficient (Wildman–Crippen LogP) is 1.09. The predicted molar refractivity (Wildman–Crippen MR) is 56.4 cm³/mol. The Morgan fingerprint density at radius 1 is 1.33 bits per heavy atom. The summed E-state index contributed by atoms with van der Waals surface area (Å²) in [6.07, 6.45) is 0. The number of nitrogens with zero attached hydrogens (tertiary/aromatic N) is 1. The van der Waals surface area contributed by atoms with Crippen molar-refractivity contribution in [3.05, 3.63) is 30.3 Å². The summed E-state index contributed by atoms with van der Waals surface area (Å²) in [7, 11) is -1.06. The molecule has 0 aliphatic carbocycles. The monoisotopic (exact) mass is 198 g/mol. The van der Waals surface area contributed by atoms with E-state index < -0.39 is 7.86 Å². The Labute approximate surface area is 77.3 Å². The van der Waals surface area contributed by atoms with Gasteiger partial charge in [-0.2, -0.15) is 0 Å². The summed E-state index contributed by atoms with van der Waals surface area (Å²) in [5, 5.41) is 1.09. The highest BCUT2D eigenvalue weighted by Crippen LogP contribution is 2.13. The second kappa shape index (κ2) is 4.26. The Kier molecular flexibility index (Phi) is 3.29. The Hall–Kier alpha value is -0.830. The molecule has 62 valence electrons. The van der Waals surface area contributed by atoms with Gasteiger partial charge in [0.05, 0.1) is 0 Å². The summed E-state index contributed by atoms with van der Waals surface area (Å²) in [6, 6.07) is 9.56. The highest BCUT2D eigenvalue weighted by molar-refractivity contribution is 7.80. The molecular formula is C7H9N3PS+. The average molecular weight is 198 g/mol. The topological polar surface area (TPSA) is 64.4 Å². The van der Waals surface area contributed by atoms with E-state index >= 15 is 0 Å². The molecule has 0 fully saturated rings. The van der Waals surface area contributed by atoms with Crippen LogP contribution in [-0.4, -0.2) is 5.11 Å². The second-order valence-corrected chi connectivity index (χ2v) is 3.94. The third-order valence-corrected chi connectivity index (χ3v) is 2.71. The summed E-state index contributed by atoms with van der Waals surface area (Å²) in [6.45, 7) is 0. The molecule has 0 aliphatic heterocycles. The van der Waals surface area contributed by atoms with E-state index in [9.17, 15) is 0 Å². The van der Waals surface area contributed by atoms with Gasteiger partial charge in [0.15, 0.2) is 5.30 Å². The molecule has 1 rings (SSSR count). The fourth-order valence-corrected chi connectivity index (χ4v) is 1.81. The van der Waals surface area contributed by atoms with Gasteiger partial charge in [-0.15, -0.1) is 5.50 Å². The first-order valence-electron chi connectivity index (χ1n) is 3.31. The van der Waals surface area contributed by atoms with Crippen LogP contribution < -0.4 is 16.5 Å². The van der Waals surface area contributed by atoms with Crippen molar-refractivity contribution in [1.82, 2.24) is 0 Å². The van der Waals surface area contributed by atoms with Gasteiger partial charge in [0, 0.05) is 0 Å². The van der Waals surface area contributed by atoms with Gasteiger partial charge < -0.3 is 5.73 Å². The van der Waals surface area contributed by atoms with Crippen molar-refractivity contribution in [3.8, 4) is 0 Å². The van der Waals surface area contributed by atoms with Gasteiger partial charge in [0.2, 0.25) is 5.11 Å². The quantitative estimate of drug-likeness (QED) is 0.524. The number of hydrogen-bond acceptors (Lipinski definition) is 1. The molecule has 0 spiro atoms. The van der Waals surface area contributed by atoms with Crippen LogP contribution in [0.3, 0.4) is 0 Å². The van der Waals surface area contributed by atoms with Crippen LogP contribution in [0.2, 0.25) is 0 Å². The van der Waals surface area contributed by atoms with Crippen LogP contribution in [0.5, 0.6) is 0 Å². The summed E-state index contributed by atoms with van der Waals surface area (Å²) in [5.74, 6) is 0. The minimum atomic E-state index is -1.06. The smallest absolute Gasteiger partial charge is 0.337 e. The SMILES string of the molecule is NC(=S)N=[P+](N)c1ccccc1. The molecule has 0 radical (unpaired) electrons. The van der Waals surface area contributed by atoms with E-state index in [0.29, 0.717) is 0 Å². The van der Waals surface area contributed by atoms with E-state index in [1.165, 1.54) is 0 Å². The Balaban J connectivity index is 2.93. The van der Waals surface area contributed by atoms with E-state index in [2.05, 4.69) is 17.0 Å². The number of hydrogen-bond donors (Lipinski definition) is 2. The van der Waals surface area contributed by atoms with E-state index in [1.54, 1.807) is 0 Å². The Bertz CT molecular complexity index is 310. The first kappa shape index (κ1) is 9.26. The lowest BCUT2D eigenvalue weighted by molar-refractivity contribution is 1.64. The molecule has 1 aromatic carbocycles. The summed E-state index contributed by atoms with van der Waals surface area (Å²) < 4.78 is 3.90. The van der Waals surface area contributed by atoms with Gasteiger partial charge in [-0.05, 0) is 29.1 Å². The standard InChI is InChI=1S/C7H8N3PS/c8-7(12)10-11(9)6-4-2-1-3-5-6/h1-5H,(H3-,8,9,10,12)/p+1. The van der Waals surface area contributed by atoms with Gasteiger partial charge >= 0.3 is 7.86 Å². The maximum atomic E-state index is 5.73. The van der Waals surface area contributed by atoms with Crippen LogP contribution in [0.1, 0.15) is 0 Å². The van der Waals surface area contributed by atoms with Gasteiger partial charge in [-0.3, -0.25) is 0 Å². The molecule has 1 unspecified atom stereocenters. The maximum absolute atomic E-state index is 5.73. The molecule has 5 heteroatoms. The minimum absolute atomic E-state index is 0.118. The zero-order chi connectivity index (χ0) is 8.97. The molecule has 4 N–H and O–H groups in total. The van der Waals surface area contributed by atoms with Crippen molar-refractivity contribution in [2.75, 3.05) is 0 Å². The van der Waals surface area contributed by atoms with Crippen molar-refractivity contribution in [2.45, 2.75) is 0 Å². The molecule has 1 atom stereocenters. The van der Waals surface area contributed by atoms with Crippen molar-refractivity contribution in [2.24, 2.45) is 16.0 Å². The summed E-state index contributed by atoms with van der Waals surface area (Å²) >= 11 is 4.62. The molecule has 3 nitrogen and oxygen atoms in total. The lowest BCUT2D eigenvalue weighted by Gasteiger charge is -1.85. The van der Waals surface area contributed by atoms with E-state index in [1.807, 2.05) is 30.3 Å². The minimum Gasteiger partial charge on any atom is -0.371 e. The normalized spacial score (nSPS) is 11.2. The van der Waals surface area contributed by atoms with Crippen LogP contribution in [0, 0.1) is 0 Å². The van der Waals surface area contributed by atoms with Crippen molar-refractivity contribution >= 4 is 30.5 Å². The molecule has 0 aliphatic rings. The largest absolute Gasteiger partial charge is 0.371 e. The van der Waals surface area contributed by atoms with Crippen LogP contribution in [0.4, 0.5) is 0 Å². The molecule has 12 heavy (non-hydrogen) atoms. The molecule has 0 saturated carbocycles. The van der Waals surface area contributed by atoms with Crippen molar-refractivity contribution in [3.63, 3.8) is 0 Å². The van der Waals surface area contributed by atoms with Crippen molar-refractivity contribution < 1.29 is 0 Å². The molecule has 0 aromatic heterocycles. The van der Waals surface area contributed by atoms with E-state index in [-0.39, 0.29) is 5.11 Å². The van der Waals surface area contributed by atoms with Crippen LogP contribution in [0.15, 0.2) is 35.1 Å². The van der Waals surface area contributed by atoms with E-state index in [0.717, 1.165) is 5.30 Å². The molecule has 0 bridgehead atoms. The van der Waals surface area contributed by atoms with Crippen LogP contribution in [0.25, 0.3) is 0 Å². The van der Waals surface area contributed by atoms with Gasteiger partial charge in [-0.25, -0.2) is 0 Å². The number of benzene rings is 1. The number of rotatable bonds is 1. The van der Waals surface area contributed by atoms with Gasteiger partial charge in [0.25, 0.3) is 0 Å². The highest BCUT2D eigenvalue weighted by Gasteiger charge is 2.10. The zero-order valence-electron chi connectivity index (χ0n) is 6.34. The maximum Gasteiger partial charge on any atom is 0.337 e. The zero-order valence-corrected chi connectivity index (χ0v) is 8.06. The number of thiocarbonyl (C=S) groups is 1. The first-order valence-corrected chi connectivity index (χ1v) is 5.08. The van der Waals surface area contributed by atoms with Crippen LogP contribution >= 0.6 is 20.1 Å². The third-order valence-electron chi connectivity index (χ3n) is 1.23. The molecule has 1 aromatic rings. The first-order chi connectivity index (χ1) is 5.70. The third kappa shape index (κ3) is 2.66. The van der Waals surface area contributed by atoms with E-state index in [4.69, 9.17) is 11.2 Å². The van der Waals surface area contributed by atoms with Gasteiger partial charge in [0.1, 0.15) is 0 Å². The Morgan fingerprint density at radius 3 is 2.42 bits per heavy atom. The van der Waals surface area contributed by atoms with Gasteiger partial charge in [-0.1, -0.05) is 18.2 Å². The lowest BCUT2D eigenvalue weighted by Crippen LogP contribution is -2.07. The summed E-state index contributed by atoms with van der Waals surface area (Å²) in [4.78, 5) is 0. The van der Waals surface area contributed by atoms with Crippen molar-refractivity contribution in [1.29, 1.82) is 0 Å². The average Bonchev–Trinajstić information content (AvgIpc) is 2.05. The summed E-state index contributed by atoms with van der Waals surface area (Å²) in [5.41, 5.74) is 11.0. The molecule has 0 saturated heterocycles. The second-order valence-electron chi connectivity index (χ2n) is 2.12. The van der Waals surface area contributed by atoms with Crippen LogP contribution in [-0.2, 0) is 0 Å². The fourth-order valence-electron chi connectivity index (χ4n) is 0.745. The molecular weight excluding hydrogens is 189 g/mol. The lowest BCUT2D eigenvalue weighted by atomic mass is 10.4.